The van der Waals surface area contributed by atoms with Crippen molar-refractivity contribution in [2.24, 2.45) is 0 Å². The van der Waals surface area contributed by atoms with Gasteiger partial charge in [0.25, 0.3) is 0 Å². The molecule has 11 aromatic carbocycles. The molecule has 0 N–H and O–H groups in total. The molecule has 0 saturated heterocycles. The molecule has 2 aliphatic rings. The fourth-order valence-corrected chi connectivity index (χ4v) is 22.8. The van der Waals surface area contributed by atoms with E-state index in [1.54, 1.807) is 0 Å². The van der Waals surface area contributed by atoms with Crippen LogP contribution in [-0.2, 0) is 0 Å². The quantitative estimate of drug-likeness (QED) is 0.141. The summed E-state index contributed by atoms with van der Waals surface area (Å²) in [7, 11) is -6.01. The molecule has 2 aromatic heterocycles. The van der Waals surface area contributed by atoms with Gasteiger partial charge in [0.1, 0.15) is 22.4 Å². The van der Waals surface area contributed by atoms with Gasteiger partial charge in [-0.2, -0.15) is 0 Å². The van der Waals surface area contributed by atoms with Crippen LogP contribution in [0.4, 0.5) is 34.1 Å². The Balaban J connectivity index is 1.10. The van der Waals surface area contributed by atoms with Gasteiger partial charge in [-0.05, 0) is 90.0 Å². The van der Waals surface area contributed by atoms with Crippen molar-refractivity contribution >= 4 is 114 Å². The number of hydrogen-bond acceptors (Lipinski definition) is 6. The van der Waals surface area contributed by atoms with E-state index < -0.39 is 16.1 Å². The number of hydrogen-bond donors (Lipinski definition) is 0. The normalized spacial score (nSPS) is 13.9. The molecule has 15 rings (SSSR count). The molecule has 0 unspecified atom stereocenters. The van der Waals surface area contributed by atoms with Gasteiger partial charge in [0.2, 0.25) is 11.8 Å². The minimum Gasteiger partial charge on any atom is -0.434 e. The molecule has 0 atom stereocenters. The van der Waals surface area contributed by atoms with Crippen molar-refractivity contribution in [3.8, 4) is 22.9 Å². The van der Waals surface area contributed by atoms with Gasteiger partial charge in [0.15, 0.2) is 27.3 Å². The number of benzene rings is 11. The molecular weight excluding hydrogens is 961 g/mol. The van der Waals surface area contributed by atoms with E-state index in [-0.39, 0.29) is 0 Å². The van der Waals surface area contributed by atoms with Crippen molar-refractivity contribution < 1.29 is 8.83 Å². The molecule has 13 aromatic rings. The summed E-state index contributed by atoms with van der Waals surface area (Å²) in [5, 5.41) is 10.2. The summed E-state index contributed by atoms with van der Waals surface area (Å²) in [6, 6.07) is 101. The summed E-state index contributed by atoms with van der Waals surface area (Å²) < 4.78 is 14.9. The number of anilines is 6. The van der Waals surface area contributed by atoms with Gasteiger partial charge >= 0.3 is 0 Å². The Morgan fingerprint density at radius 3 is 0.776 bits per heavy atom. The first kappa shape index (κ1) is 43.9. The smallest absolute Gasteiger partial charge is 0.227 e. The largest absolute Gasteiger partial charge is 0.434 e. The first-order valence-corrected chi connectivity index (χ1v) is 29.8. The highest BCUT2D eigenvalue weighted by molar-refractivity contribution is 7.22. The van der Waals surface area contributed by atoms with Gasteiger partial charge in [0.05, 0.1) is 0 Å². The summed E-state index contributed by atoms with van der Waals surface area (Å²) >= 11 is 0. The van der Waals surface area contributed by atoms with Gasteiger partial charge in [-0.15, -0.1) is 0 Å². The maximum atomic E-state index is 7.46. The standard InChI is InChI=1S/C68H46N4O2Si2/c1-7-27-47(28-8-1)67-69-61-63(71-53-39-19-23-43-57(53)75(49-31-11-3-12-32-49,50-33-13-4-14-34-50)58-44-24-20-40-54(58)71)66-62(70-68(74-66)48-29-9-2-10-30-48)64(65(61)73-67)72-55-41-21-25-45-59(55)76(51-35-15-5-16-36-51,52-37-17-6-18-38-52)60-46-26-22-42-56(60)72/h1-46H. The summed E-state index contributed by atoms with van der Waals surface area (Å²) in [5.74, 6) is 1.00. The van der Waals surface area contributed by atoms with E-state index in [0.717, 1.165) is 45.3 Å². The van der Waals surface area contributed by atoms with Gasteiger partial charge in [0, 0.05) is 33.9 Å². The lowest BCUT2D eigenvalue weighted by molar-refractivity contribution is 0.618. The lowest BCUT2D eigenvalue weighted by atomic mass is 10.1. The number of aromatic nitrogens is 2. The lowest BCUT2D eigenvalue weighted by Crippen LogP contribution is -2.77. The highest BCUT2D eigenvalue weighted by Crippen LogP contribution is 2.53. The van der Waals surface area contributed by atoms with Crippen LogP contribution in [0.3, 0.4) is 0 Å². The van der Waals surface area contributed by atoms with Gasteiger partial charge in [-0.3, -0.25) is 0 Å². The third-order valence-electron chi connectivity index (χ3n) is 15.6. The Morgan fingerprint density at radius 2 is 0.500 bits per heavy atom. The molecule has 0 radical (unpaired) electrons. The average molecular weight is 1010 g/mol. The van der Waals surface area contributed by atoms with Crippen molar-refractivity contribution in [3.63, 3.8) is 0 Å². The van der Waals surface area contributed by atoms with E-state index in [1.807, 2.05) is 36.4 Å². The first-order valence-electron chi connectivity index (χ1n) is 25.8. The molecule has 358 valence electrons. The molecule has 2 aliphatic heterocycles. The van der Waals surface area contributed by atoms with Crippen LogP contribution in [0.2, 0.25) is 0 Å². The van der Waals surface area contributed by atoms with E-state index in [4.69, 9.17) is 18.8 Å². The Bertz CT molecular complexity index is 3790. The molecular formula is C68H46N4O2Si2. The first-order chi connectivity index (χ1) is 37.7. The number of oxazole rings is 2. The Morgan fingerprint density at radius 1 is 0.263 bits per heavy atom. The topological polar surface area (TPSA) is 58.5 Å². The van der Waals surface area contributed by atoms with Crippen LogP contribution in [0.15, 0.2) is 288 Å². The molecule has 0 spiro atoms. The van der Waals surface area contributed by atoms with Crippen LogP contribution in [0.1, 0.15) is 0 Å². The van der Waals surface area contributed by atoms with Crippen molar-refractivity contribution in [1.82, 2.24) is 9.97 Å². The van der Waals surface area contributed by atoms with E-state index in [0.29, 0.717) is 34.0 Å². The Hall–Kier alpha value is -9.61. The van der Waals surface area contributed by atoms with Crippen LogP contribution in [-0.4, -0.2) is 26.1 Å². The average Bonchev–Trinajstić information content (AvgIpc) is 4.23. The van der Waals surface area contributed by atoms with Crippen molar-refractivity contribution in [1.29, 1.82) is 0 Å². The van der Waals surface area contributed by atoms with E-state index in [2.05, 4.69) is 252 Å². The molecule has 0 saturated carbocycles. The molecule has 4 heterocycles. The van der Waals surface area contributed by atoms with Crippen molar-refractivity contribution in [3.05, 3.63) is 279 Å². The third-order valence-corrected chi connectivity index (χ3v) is 25.4. The number of fused-ring (bicyclic) bond motifs is 6. The molecule has 0 aliphatic carbocycles. The fraction of sp³-hybridized carbons (Fsp3) is 0. The second-order valence-corrected chi connectivity index (χ2v) is 27.0. The lowest BCUT2D eigenvalue weighted by Gasteiger charge is -2.45. The Labute approximate surface area is 442 Å². The van der Waals surface area contributed by atoms with E-state index >= 15 is 0 Å². The molecule has 0 fully saturated rings. The zero-order valence-electron chi connectivity index (χ0n) is 41.2. The van der Waals surface area contributed by atoms with Crippen LogP contribution in [0, 0.1) is 0 Å². The van der Waals surface area contributed by atoms with Crippen molar-refractivity contribution in [2.75, 3.05) is 9.80 Å². The Kier molecular flexibility index (Phi) is 10.1. The van der Waals surface area contributed by atoms with Gasteiger partial charge in [-0.25, -0.2) is 9.97 Å². The summed E-state index contributed by atoms with van der Waals surface area (Å²) in [5.41, 5.74) is 9.96. The predicted molar refractivity (Wildman–Crippen MR) is 316 cm³/mol. The van der Waals surface area contributed by atoms with Crippen LogP contribution >= 0.6 is 0 Å². The molecule has 0 amide bonds. The summed E-state index contributed by atoms with van der Waals surface area (Å²) in [6.07, 6.45) is 0. The minimum absolute atomic E-state index is 0.501. The van der Waals surface area contributed by atoms with E-state index in [1.165, 1.54) is 41.5 Å². The maximum absolute atomic E-state index is 7.46. The second-order valence-electron chi connectivity index (χ2n) is 19.5. The number of nitrogens with zero attached hydrogens (tertiary/aromatic N) is 4. The zero-order chi connectivity index (χ0) is 50.2. The second kappa shape index (κ2) is 17.5. The zero-order valence-corrected chi connectivity index (χ0v) is 43.2. The fourth-order valence-electron chi connectivity index (χ4n) is 12.6. The number of para-hydroxylation sites is 4. The minimum atomic E-state index is -3.00. The molecule has 8 heteroatoms. The third kappa shape index (κ3) is 6.32. The predicted octanol–water partition coefficient (Wildman–Crippen LogP) is 11.6. The molecule has 0 bridgehead atoms. The SMILES string of the molecule is c1ccc(-c2nc3c(N4c5ccccc5[Si](c5ccccc5)(c5ccccc5)c5ccccc54)c4oc(-c5ccccc5)nc4c(N4c5ccccc5[Si](c5ccccc5)(c5ccccc5)c5ccccc54)c3o2)cc1. The summed E-state index contributed by atoms with van der Waals surface area (Å²) in [6.45, 7) is 0. The van der Waals surface area contributed by atoms with Crippen LogP contribution in [0.5, 0.6) is 0 Å². The van der Waals surface area contributed by atoms with Crippen LogP contribution in [0.25, 0.3) is 45.1 Å². The highest BCUT2D eigenvalue weighted by atomic mass is 28.3. The molecule has 6 nitrogen and oxygen atoms in total. The van der Waals surface area contributed by atoms with E-state index in [9.17, 15) is 0 Å². The van der Waals surface area contributed by atoms with Crippen molar-refractivity contribution in [2.45, 2.75) is 0 Å². The van der Waals surface area contributed by atoms with Gasteiger partial charge in [-0.1, -0.05) is 231 Å². The van der Waals surface area contributed by atoms with Crippen LogP contribution < -0.4 is 51.3 Å². The highest BCUT2D eigenvalue weighted by Gasteiger charge is 2.52. The van der Waals surface area contributed by atoms with Gasteiger partial charge < -0.3 is 18.6 Å². The summed E-state index contributed by atoms with van der Waals surface area (Å²) in [4.78, 5) is 16.1. The molecule has 76 heavy (non-hydrogen) atoms. The monoisotopic (exact) mass is 1010 g/mol. The number of rotatable bonds is 8. The maximum Gasteiger partial charge on any atom is 0.227 e.